The summed E-state index contributed by atoms with van der Waals surface area (Å²) in [6.07, 6.45) is 3.05. The Bertz CT molecular complexity index is 925. The Kier molecular flexibility index (Phi) is 4.58. The van der Waals surface area contributed by atoms with Crippen molar-refractivity contribution >= 4 is 22.4 Å². The van der Waals surface area contributed by atoms with E-state index in [4.69, 9.17) is 4.98 Å². The molecule has 2 aromatic rings. The maximum Gasteiger partial charge on any atom is 0.271 e. The second-order valence-corrected chi connectivity index (χ2v) is 9.29. The molecule has 2 atom stereocenters. The molecule has 3 aliphatic heterocycles. The number of anilines is 1. The molecule has 5 nitrogen and oxygen atoms in total. The van der Waals surface area contributed by atoms with Crippen molar-refractivity contribution in [2.24, 2.45) is 0 Å². The number of rotatable bonds is 3. The largest absolute Gasteiger partial charge is 0.340 e. The average molecular weight is 419 g/mol. The Morgan fingerprint density at radius 2 is 1.97 bits per heavy atom. The van der Waals surface area contributed by atoms with Crippen LogP contribution in [0.25, 0.3) is 0 Å². The lowest BCUT2D eigenvalue weighted by atomic mass is 10.0. The van der Waals surface area contributed by atoms with E-state index in [9.17, 15) is 13.6 Å². The first-order valence-corrected chi connectivity index (χ1v) is 11.0. The molecule has 0 saturated carbocycles. The van der Waals surface area contributed by atoms with Crippen LogP contribution in [0.3, 0.4) is 0 Å². The van der Waals surface area contributed by atoms with Crippen LogP contribution in [0.4, 0.5) is 13.9 Å². The number of nitrogens with zero attached hydrogens (tertiary/aromatic N) is 3. The van der Waals surface area contributed by atoms with Crippen molar-refractivity contribution in [2.45, 2.75) is 50.7 Å². The monoisotopic (exact) mass is 418 g/mol. The van der Waals surface area contributed by atoms with Crippen molar-refractivity contribution in [3.8, 4) is 0 Å². The van der Waals surface area contributed by atoms with Gasteiger partial charge in [-0.05, 0) is 18.9 Å². The molecule has 0 spiro atoms. The summed E-state index contributed by atoms with van der Waals surface area (Å²) >= 11 is 1.66. The van der Waals surface area contributed by atoms with E-state index >= 15 is 0 Å². The summed E-state index contributed by atoms with van der Waals surface area (Å²) in [5.41, 5.74) is 0.938. The summed E-state index contributed by atoms with van der Waals surface area (Å²) in [7, 11) is 0. The summed E-state index contributed by atoms with van der Waals surface area (Å²) in [6, 6.07) is 7.03. The van der Waals surface area contributed by atoms with Crippen LogP contribution in [0.15, 0.2) is 24.3 Å². The minimum absolute atomic E-state index is 0.0911. The van der Waals surface area contributed by atoms with Gasteiger partial charge < -0.3 is 15.1 Å². The van der Waals surface area contributed by atoms with E-state index in [0.29, 0.717) is 31.6 Å². The Morgan fingerprint density at radius 1 is 1.24 bits per heavy atom. The van der Waals surface area contributed by atoms with Gasteiger partial charge in [-0.1, -0.05) is 29.5 Å². The highest BCUT2D eigenvalue weighted by Crippen LogP contribution is 2.38. The number of hydrogen-bond donors (Lipinski definition) is 1. The fraction of sp³-hybridized carbons (Fsp3) is 0.524. The van der Waals surface area contributed by atoms with E-state index in [0.717, 1.165) is 35.7 Å². The molecule has 5 rings (SSSR count). The third-order valence-corrected chi connectivity index (χ3v) is 7.33. The first-order chi connectivity index (χ1) is 13.9. The van der Waals surface area contributed by atoms with E-state index in [2.05, 4.69) is 10.2 Å². The molecule has 2 saturated heterocycles. The average Bonchev–Trinajstić information content (AvgIpc) is 3.23. The van der Waals surface area contributed by atoms with Crippen molar-refractivity contribution in [2.75, 3.05) is 24.5 Å². The molecule has 2 bridgehead atoms. The Balaban J connectivity index is 1.38. The van der Waals surface area contributed by atoms with Crippen LogP contribution in [0, 0.1) is 0 Å². The van der Waals surface area contributed by atoms with Crippen LogP contribution in [-0.2, 0) is 18.9 Å². The number of alkyl halides is 2. The van der Waals surface area contributed by atoms with Crippen LogP contribution in [0.5, 0.6) is 0 Å². The molecule has 2 fully saturated rings. The highest BCUT2D eigenvalue weighted by atomic mass is 32.1. The molecule has 1 aromatic heterocycles. The van der Waals surface area contributed by atoms with Crippen LogP contribution in [-0.4, -0.2) is 47.5 Å². The Hall–Kier alpha value is -2.06. The lowest BCUT2D eigenvalue weighted by Crippen LogP contribution is -2.51. The standard InChI is InChI=1S/C21H24F2N4OS/c1-21(22,23)16-5-3-2-4-15(16)19(28)26-9-8-17-18(12-26)29-20(25-17)27-13-6-7-14(27)11-24-10-13/h2-5,13-14,24H,6-12H2,1H3. The predicted molar refractivity (Wildman–Crippen MR) is 109 cm³/mol. The normalized spacial score (nSPS) is 24.0. The van der Waals surface area contributed by atoms with Crippen molar-refractivity contribution in [3.05, 3.63) is 46.0 Å². The fourth-order valence-electron chi connectivity index (χ4n) is 4.78. The predicted octanol–water partition coefficient (Wildman–Crippen LogP) is 3.39. The van der Waals surface area contributed by atoms with Gasteiger partial charge in [0, 0.05) is 61.1 Å². The summed E-state index contributed by atoms with van der Waals surface area (Å²) in [5, 5.41) is 4.54. The third-order valence-electron chi connectivity index (χ3n) is 6.24. The summed E-state index contributed by atoms with van der Waals surface area (Å²) in [6.45, 7) is 3.77. The number of fused-ring (bicyclic) bond motifs is 3. The van der Waals surface area contributed by atoms with Gasteiger partial charge in [0.05, 0.1) is 12.2 Å². The fourth-order valence-corrected chi connectivity index (χ4v) is 6.04. The molecule has 1 amide bonds. The molecule has 0 radical (unpaired) electrons. The van der Waals surface area contributed by atoms with Crippen molar-refractivity contribution in [1.29, 1.82) is 0 Å². The highest BCUT2D eigenvalue weighted by Gasteiger charge is 2.39. The molecule has 1 aromatic carbocycles. The van der Waals surface area contributed by atoms with Gasteiger partial charge in [0.1, 0.15) is 0 Å². The van der Waals surface area contributed by atoms with Crippen molar-refractivity contribution in [3.63, 3.8) is 0 Å². The maximum atomic E-state index is 14.0. The van der Waals surface area contributed by atoms with E-state index in [1.54, 1.807) is 28.4 Å². The minimum atomic E-state index is -3.05. The topological polar surface area (TPSA) is 48.5 Å². The van der Waals surface area contributed by atoms with E-state index in [1.807, 2.05) is 0 Å². The molecule has 0 aliphatic carbocycles. The number of thiazole rings is 1. The van der Waals surface area contributed by atoms with Gasteiger partial charge in [0.2, 0.25) is 0 Å². The van der Waals surface area contributed by atoms with E-state index in [-0.39, 0.29) is 17.0 Å². The molecule has 29 heavy (non-hydrogen) atoms. The number of amides is 1. The highest BCUT2D eigenvalue weighted by molar-refractivity contribution is 7.15. The molecule has 4 heterocycles. The second kappa shape index (κ2) is 7.02. The lowest BCUT2D eigenvalue weighted by molar-refractivity contribution is 0.0157. The van der Waals surface area contributed by atoms with E-state index < -0.39 is 5.92 Å². The van der Waals surface area contributed by atoms with Crippen LogP contribution in [0.1, 0.15) is 46.3 Å². The van der Waals surface area contributed by atoms with Crippen LogP contribution in [0.2, 0.25) is 0 Å². The third kappa shape index (κ3) is 3.32. The summed E-state index contributed by atoms with van der Waals surface area (Å²) in [4.78, 5) is 23.2. The molecule has 1 N–H and O–H groups in total. The first kappa shape index (κ1) is 18.9. The van der Waals surface area contributed by atoms with Crippen molar-refractivity contribution in [1.82, 2.24) is 15.2 Å². The zero-order valence-corrected chi connectivity index (χ0v) is 17.1. The lowest BCUT2D eigenvalue weighted by Gasteiger charge is -2.35. The number of nitrogens with one attached hydrogen (secondary N) is 1. The van der Waals surface area contributed by atoms with Gasteiger partial charge >= 0.3 is 0 Å². The maximum absolute atomic E-state index is 14.0. The first-order valence-electron chi connectivity index (χ1n) is 10.2. The van der Waals surface area contributed by atoms with E-state index in [1.165, 1.54) is 25.0 Å². The Labute approximate surface area is 172 Å². The molecular weight excluding hydrogens is 394 g/mol. The number of benzene rings is 1. The van der Waals surface area contributed by atoms with Gasteiger partial charge in [-0.3, -0.25) is 4.79 Å². The second-order valence-electron chi connectivity index (χ2n) is 8.23. The smallest absolute Gasteiger partial charge is 0.271 e. The van der Waals surface area contributed by atoms with Crippen LogP contribution >= 0.6 is 11.3 Å². The zero-order valence-electron chi connectivity index (χ0n) is 16.3. The zero-order chi connectivity index (χ0) is 20.2. The Morgan fingerprint density at radius 3 is 2.69 bits per heavy atom. The molecule has 3 aliphatic rings. The SMILES string of the molecule is CC(F)(F)c1ccccc1C(=O)N1CCc2nc(N3C4CCC3CNC4)sc2C1. The quantitative estimate of drug-likeness (QED) is 0.830. The number of aromatic nitrogens is 1. The van der Waals surface area contributed by atoms with Gasteiger partial charge in [-0.25, -0.2) is 13.8 Å². The number of hydrogen-bond acceptors (Lipinski definition) is 5. The van der Waals surface area contributed by atoms with Gasteiger partial charge in [0.25, 0.3) is 11.8 Å². The minimum Gasteiger partial charge on any atom is -0.340 e. The van der Waals surface area contributed by atoms with Gasteiger partial charge in [0.15, 0.2) is 5.13 Å². The summed E-state index contributed by atoms with van der Waals surface area (Å²) < 4.78 is 28.0. The molecule has 2 unspecified atom stereocenters. The number of halogens is 2. The van der Waals surface area contributed by atoms with Gasteiger partial charge in [-0.2, -0.15) is 0 Å². The summed E-state index contributed by atoms with van der Waals surface area (Å²) in [5.74, 6) is -3.38. The number of piperazine rings is 1. The van der Waals surface area contributed by atoms with Crippen LogP contribution < -0.4 is 10.2 Å². The molecular formula is C21H24F2N4OS. The van der Waals surface area contributed by atoms with Crippen molar-refractivity contribution < 1.29 is 13.6 Å². The number of carbonyl (C=O) groups is 1. The molecule has 154 valence electrons. The number of carbonyl (C=O) groups excluding carboxylic acids is 1. The van der Waals surface area contributed by atoms with Gasteiger partial charge in [-0.15, -0.1) is 0 Å². The molecule has 8 heteroatoms.